The number of benzene rings is 1. The topological polar surface area (TPSA) is 23.5 Å². The number of halogens is 2. The van der Waals surface area contributed by atoms with Crippen molar-refractivity contribution in [3.63, 3.8) is 0 Å². The Balaban J connectivity index is 2.08. The Bertz CT molecular complexity index is 372. The minimum absolute atomic E-state index is 0.165. The first-order valence-corrected chi connectivity index (χ1v) is 6.29. The number of aliphatic hydroxyl groups excluding tert-OH is 1. The summed E-state index contributed by atoms with van der Waals surface area (Å²) in [5.74, 6) is -0.182. The third-order valence-electron chi connectivity index (χ3n) is 3.10. The highest BCUT2D eigenvalue weighted by molar-refractivity contribution is 9.10. The fourth-order valence-electron chi connectivity index (χ4n) is 2.18. The smallest absolute Gasteiger partial charge is 0.128 e. The molecule has 1 aromatic rings. The summed E-state index contributed by atoms with van der Waals surface area (Å²) in [5, 5.41) is 9.18. The van der Waals surface area contributed by atoms with Gasteiger partial charge in [-0.2, -0.15) is 0 Å². The number of nitrogens with zero attached hydrogens (tertiary/aromatic N) is 1. The molecular formula is C12H15BrFNO. The summed E-state index contributed by atoms with van der Waals surface area (Å²) in [6, 6.07) is 5.33. The summed E-state index contributed by atoms with van der Waals surface area (Å²) in [6.07, 6.45) is 2.10. The monoisotopic (exact) mass is 287 g/mol. The van der Waals surface area contributed by atoms with Crippen LogP contribution in [-0.2, 0) is 6.54 Å². The van der Waals surface area contributed by atoms with Gasteiger partial charge in [-0.05, 0) is 31.5 Å². The van der Waals surface area contributed by atoms with Crippen molar-refractivity contribution in [2.24, 2.45) is 0 Å². The maximum atomic E-state index is 13.6. The molecule has 1 aliphatic rings. The average molecular weight is 288 g/mol. The second-order valence-electron chi connectivity index (χ2n) is 4.18. The van der Waals surface area contributed by atoms with Crippen molar-refractivity contribution in [3.05, 3.63) is 34.1 Å². The van der Waals surface area contributed by atoms with Gasteiger partial charge in [-0.1, -0.05) is 22.0 Å². The molecule has 0 saturated carbocycles. The van der Waals surface area contributed by atoms with Crippen LogP contribution in [0.1, 0.15) is 18.4 Å². The Hall–Kier alpha value is -0.450. The standard InChI is InChI=1S/C12H15BrFNO/c13-10-4-3-9(12(14)6-10)7-15-5-1-2-11(15)8-16/h3-4,6,11,16H,1-2,5,7-8H2/t11-/m1/s1. The van der Waals surface area contributed by atoms with E-state index in [1.807, 2.05) is 6.07 Å². The Labute approximate surface area is 103 Å². The highest BCUT2D eigenvalue weighted by atomic mass is 79.9. The highest BCUT2D eigenvalue weighted by Crippen LogP contribution is 2.22. The number of rotatable bonds is 3. The van der Waals surface area contributed by atoms with Gasteiger partial charge in [0.05, 0.1) is 6.61 Å². The molecule has 0 unspecified atom stereocenters. The third kappa shape index (κ3) is 2.62. The van der Waals surface area contributed by atoms with Crippen molar-refractivity contribution in [2.75, 3.05) is 13.2 Å². The zero-order valence-electron chi connectivity index (χ0n) is 9.00. The van der Waals surface area contributed by atoms with Gasteiger partial charge in [0, 0.05) is 22.6 Å². The average Bonchev–Trinajstić information content (AvgIpc) is 2.69. The maximum absolute atomic E-state index is 13.6. The van der Waals surface area contributed by atoms with Crippen molar-refractivity contribution in [2.45, 2.75) is 25.4 Å². The number of aliphatic hydroxyl groups is 1. The summed E-state index contributed by atoms with van der Waals surface area (Å²) in [5.41, 5.74) is 0.698. The molecule has 1 aromatic carbocycles. The lowest BCUT2D eigenvalue weighted by atomic mass is 10.2. The van der Waals surface area contributed by atoms with Crippen molar-refractivity contribution in [3.8, 4) is 0 Å². The van der Waals surface area contributed by atoms with Crippen molar-refractivity contribution in [1.82, 2.24) is 4.90 Å². The van der Waals surface area contributed by atoms with Crippen LogP contribution in [-0.4, -0.2) is 29.2 Å². The molecule has 1 atom stereocenters. The lowest BCUT2D eigenvalue weighted by Crippen LogP contribution is -2.31. The fraction of sp³-hybridized carbons (Fsp3) is 0.500. The van der Waals surface area contributed by atoms with Gasteiger partial charge < -0.3 is 5.11 Å². The molecule has 16 heavy (non-hydrogen) atoms. The zero-order chi connectivity index (χ0) is 11.5. The molecule has 1 fully saturated rings. The van der Waals surface area contributed by atoms with E-state index in [-0.39, 0.29) is 18.5 Å². The summed E-state index contributed by atoms with van der Waals surface area (Å²) >= 11 is 3.24. The van der Waals surface area contributed by atoms with Gasteiger partial charge in [0.15, 0.2) is 0 Å². The van der Waals surface area contributed by atoms with Crippen LogP contribution in [0, 0.1) is 5.82 Å². The van der Waals surface area contributed by atoms with Crippen LogP contribution in [0.15, 0.2) is 22.7 Å². The Morgan fingerprint density at radius 2 is 2.31 bits per heavy atom. The second kappa shape index (κ2) is 5.25. The van der Waals surface area contributed by atoms with E-state index in [4.69, 9.17) is 0 Å². The van der Waals surface area contributed by atoms with Crippen molar-refractivity contribution in [1.29, 1.82) is 0 Å². The van der Waals surface area contributed by atoms with E-state index < -0.39 is 0 Å². The van der Waals surface area contributed by atoms with E-state index >= 15 is 0 Å². The first kappa shape index (κ1) is 12.0. The van der Waals surface area contributed by atoms with E-state index in [1.165, 1.54) is 6.07 Å². The van der Waals surface area contributed by atoms with Gasteiger partial charge in [0.25, 0.3) is 0 Å². The maximum Gasteiger partial charge on any atom is 0.128 e. The third-order valence-corrected chi connectivity index (χ3v) is 3.59. The van der Waals surface area contributed by atoms with Gasteiger partial charge >= 0.3 is 0 Å². The van der Waals surface area contributed by atoms with Gasteiger partial charge in [-0.3, -0.25) is 4.90 Å². The van der Waals surface area contributed by atoms with E-state index in [2.05, 4.69) is 20.8 Å². The summed E-state index contributed by atoms with van der Waals surface area (Å²) in [7, 11) is 0. The van der Waals surface area contributed by atoms with Crippen LogP contribution in [0.4, 0.5) is 4.39 Å². The van der Waals surface area contributed by atoms with Gasteiger partial charge in [-0.15, -0.1) is 0 Å². The molecule has 0 spiro atoms. The normalized spacial score (nSPS) is 21.6. The van der Waals surface area contributed by atoms with Crippen LogP contribution >= 0.6 is 15.9 Å². The molecule has 1 saturated heterocycles. The Morgan fingerprint density at radius 1 is 1.50 bits per heavy atom. The minimum atomic E-state index is -0.182. The van der Waals surface area contributed by atoms with E-state index in [0.717, 1.165) is 23.9 Å². The van der Waals surface area contributed by atoms with Crippen LogP contribution in [0.3, 0.4) is 0 Å². The van der Waals surface area contributed by atoms with Crippen molar-refractivity contribution < 1.29 is 9.50 Å². The van der Waals surface area contributed by atoms with Crippen LogP contribution < -0.4 is 0 Å². The molecule has 0 amide bonds. The van der Waals surface area contributed by atoms with Crippen LogP contribution in [0.2, 0.25) is 0 Å². The highest BCUT2D eigenvalue weighted by Gasteiger charge is 2.24. The molecular weight excluding hydrogens is 273 g/mol. The van der Waals surface area contributed by atoms with E-state index in [9.17, 15) is 9.50 Å². The van der Waals surface area contributed by atoms with Gasteiger partial charge in [0.1, 0.15) is 5.82 Å². The molecule has 1 heterocycles. The van der Waals surface area contributed by atoms with E-state index in [1.54, 1.807) is 6.07 Å². The molecule has 4 heteroatoms. The fourth-order valence-corrected chi connectivity index (χ4v) is 2.51. The lowest BCUT2D eigenvalue weighted by molar-refractivity contribution is 0.152. The molecule has 0 bridgehead atoms. The minimum Gasteiger partial charge on any atom is -0.395 e. The molecule has 1 N–H and O–H groups in total. The summed E-state index contributed by atoms with van der Waals surface area (Å²) in [6.45, 7) is 1.70. The van der Waals surface area contributed by atoms with Gasteiger partial charge in [0.2, 0.25) is 0 Å². The Morgan fingerprint density at radius 3 is 3.00 bits per heavy atom. The molecule has 0 aromatic heterocycles. The largest absolute Gasteiger partial charge is 0.395 e. The SMILES string of the molecule is OC[C@H]1CCCN1Cc1ccc(Br)cc1F. The predicted molar refractivity (Wildman–Crippen MR) is 64.6 cm³/mol. The first-order valence-electron chi connectivity index (χ1n) is 5.49. The molecule has 0 radical (unpaired) electrons. The summed E-state index contributed by atoms with van der Waals surface area (Å²) in [4.78, 5) is 2.15. The molecule has 2 rings (SSSR count). The van der Waals surface area contributed by atoms with Crippen molar-refractivity contribution >= 4 is 15.9 Å². The van der Waals surface area contributed by atoms with Gasteiger partial charge in [-0.25, -0.2) is 4.39 Å². The number of hydrogen-bond donors (Lipinski definition) is 1. The van der Waals surface area contributed by atoms with E-state index in [0.29, 0.717) is 12.1 Å². The quantitative estimate of drug-likeness (QED) is 0.924. The molecule has 2 nitrogen and oxygen atoms in total. The van der Waals surface area contributed by atoms with Crippen LogP contribution in [0.25, 0.3) is 0 Å². The number of likely N-dealkylation sites (tertiary alicyclic amines) is 1. The summed E-state index contributed by atoms with van der Waals surface area (Å²) < 4.78 is 14.4. The lowest BCUT2D eigenvalue weighted by Gasteiger charge is -2.22. The first-order chi connectivity index (χ1) is 7.70. The number of hydrogen-bond acceptors (Lipinski definition) is 2. The second-order valence-corrected chi connectivity index (χ2v) is 5.10. The molecule has 0 aliphatic carbocycles. The molecule has 1 aliphatic heterocycles. The predicted octanol–water partition coefficient (Wildman–Crippen LogP) is 2.54. The zero-order valence-corrected chi connectivity index (χ0v) is 10.6. The van der Waals surface area contributed by atoms with Crippen LogP contribution in [0.5, 0.6) is 0 Å². The molecule has 88 valence electrons. The Kier molecular flexibility index (Phi) is 3.95.